The average molecular weight is 424 g/mol. The number of rotatable bonds is 9. The van der Waals surface area contributed by atoms with Crippen molar-refractivity contribution in [3.63, 3.8) is 0 Å². The van der Waals surface area contributed by atoms with Crippen LogP contribution in [0.5, 0.6) is 0 Å². The van der Waals surface area contributed by atoms with E-state index in [-0.39, 0.29) is 37.4 Å². The molecule has 2 rings (SSSR count). The van der Waals surface area contributed by atoms with Crippen molar-refractivity contribution in [2.45, 2.75) is 58.4 Å². The molecule has 9 nitrogen and oxygen atoms in total. The van der Waals surface area contributed by atoms with Gasteiger partial charge < -0.3 is 9.26 Å². The predicted octanol–water partition coefficient (Wildman–Crippen LogP) is 3.06. The minimum Gasteiger partial charge on any atom is -0.449 e. The fourth-order valence-corrected chi connectivity index (χ4v) is 5.64. The van der Waals surface area contributed by atoms with Crippen LogP contribution in [-0.2, 0) is 33.7 Å². The number of carbonyl (C=O) groups is 1. The fourth-order valence-electron chi connectivity index (χ4n) is 3.16. The van der Waals surface area contributed by atoms with Gasteiger partial charge >= 0.3 is 13.9 Å². The molecule has 0 bridgehead atoms. The Kier molecular flexibility index (Phi) is 8.30. The van der Waals surface area contributed by atoms with Crippen LogP contribution < -0.4 is 5.43 Å². The van der Waals surface area contributed by atoms with Gasteiger partial charge in [-0.25, -0.2) is 19.8 Å². The Bertz CT molecular complexity index is 632. The SMILES string of the molecule is CCOC(=O)N1N[C@H]2CCCC2=C(OP(=O)(OCC)OCC)C1S(=O)CC. The Morgan fingerprint density at radius 3 is 2.44 bits per heavy atom. The van der Waals surface area contributed by atoms with Crippen molar-refractivity contribution in [3.8, 4) is 0 Å². The summed E-state index contributed by atoms with van der Waals surface area (Å²) in [5.74, 6) is 0.510. The Morgan fingerprint density at radius 2 is 1.89 bits per heavy atom. The van der Waals surface area contributed by atoms with E-state index in [0.717, 1.165) is 18.4 Å². The summed E-state index contributed by atoms with van der Waals surface area (Å²) in [4.78, 5) is 12.5. The largest absolute Gasteiger partial charge is 0.529 e. The Labute approximate surface area is 162 Å². The average Bonchev–Trinajstić information content (AvgIpc) is 3.10. The first kappa shape index (κ1) is 22.4. The fraction of sp³-hybridized carbons (Fsp3) is 0.812. The zero-order chi connectivity index (χ0) is 20.0. The van der Waals surface area contributed by atoms with E-state index in [0.29, 0.717) is 6.42 Å². The minimum atomic E-state index is -3.90. The molecule has 3 atom stereocenters. The number of amides is 1. The van der Waals surface area contributed by atoms with Crippen LogP contribution in [0.4, 0.5) is 4.79 Å². The van der Waals surface area contributed by atoms with Gasteiger partial charge in [0, 0.05) is 5.75 Å². The van der Waals surface area contributed by atoms with Gasteiger partial charge in [0.1, 0.15) is 5.76 Å². The quantitative estimate of drug-likeness (QED) is 0.563. The first-order valence-corrected chi connectivity index (χ1v) is 12.2. The van der Waals surface area contributed by atoms with Crippen molar-refractivity contribution in [2.24, 2.45) is 0 Å². The van der Waals surface area contributed by atoms with Gasteiger partial charge in [-0.15, -0.1) is 0 Å². The summed E-state index contributed by atoms with van der Waals surface area (Å²) in [6.07, 6.45) is 1.69. The highest BCUT2D eigenvalue weighted by molar-refractivity contribution is 7.85. The molecule has 0 spiro atoms. The third kappa shape index (κ3) is 5.12. The van der Waals surface area contributed by atoms with Crippen molar-refractivity contribution in [1.29, 1.82) is 0 Å². The van der Waals surface area contributed by atoms with Crippen molar-refractivity contribution in [1.82, 2.24) is 10.4 Å². The van der Waals surface area contributed by atoms with Crippen LogP contribution in [0.2, 0.25) is 0 Å². The minimum absolute atomic E-state index is 0.130. The molecule has 0 aromatic carbocycles. The molecule has 11 heteroatoms. The zero-order valence-corrected chi connectivity index (χ0v) is 18.0. The highest BCUT2D eigenvalue weighted by Gasteiger charge is 2.46. The van der Waals surface area contributed by atoms with Crippen molar-refractivity contribution < 1.29 is 31.9 Å². The number of nitrogens with one attached hydrogen (secondary N) is 1. The van der Waals surface area contributed by atoms with Crippen molar-refractivity contribution >= 4 is 24.7 Å². The molecule has 0 aromatic rings. The molecule has 1 heterocycles. The van der Waals surface area contributed by atoms with Crippen LogP contribution >= 0.6 is 7.82 Å². The standard InChI is InChI=1S/C16H29N2O7PS/c1-5-22-16(19)18-15(27(21)8-4)14(12-10-9-11-13(12)17-18)25-26(20,23-6-2)24-7-3/h13,15,17H,5-11H2,1-4H3/t13-,15?,27?/m0/s1. The maximum absolute atomic E-state index is 13.0. The molecule has 1 amide bonds. The van der Waals surface area contributed by atoms with Crippen molar-refractivity contribution in [3.05, 3.63) is 11.3 Å². The molecule has 156 valence electrons. The highest BCUT2D eigenvalue weighted by Crippen LogP contribution is 2.54. The number of nitrogens with zero attached hydrogens (tertiary/aromatic N) is 1. The molecule has 0 aromatic heterocycles. The van der Waals surface area contributed by atoms with Gasteiger partial charge in [-0.1, -0.05) is 6.92 Å². The summed E-state index contributed by atoms with van der Waals surface area (Å²) in [6.45, 7) is 7.24. The van der Waals surface area contributed by atoms with Gasteiger partial charge in [-0.3, -0.25) is 13.3 Å². The molecule has 1 saturated carbocycles. The summed E-state index contributed by atoms with van der Waals surface area (Å²) in [7, 11) is -5.40. The number of phosphoric acid groups is 1. The van der Waals surface area contributed by atoms with E-state index in [2.05, 4.69) is 5.43 Å². The summed E-state index contributed by atoms with van der Waals surface area (Å²) in [6, 6.07) is -0.175. The van der Waals surface area contributed by atoms with E-state index in [1.54, 1.807) is 27.7 Å². The maximum atomic E-state index is 13.0. The summed E-state index contributed by atoms with van der Waals surface area (Å²) in [5.41, 5.74) is 3.95. The van der Waals surface area contributed by atoms with Gasteiger partial charge in [0.25, 0.3) is 0 Å². The summed E-state index contributed by atoms with van der Waals surface area (Å²) in [5, 5.41) is 0.229. The van der Waals surface area contributed by atoms with Gasteiger partial charge in [-0.2, -0.15) is 0 Å². The number of carbonyl (C=O) groups excluding carboxylic acids is 1. The molecule has 1 fully saturated rings. The Morgan fingerprint density at radius 1 is 1.22 bits per heavy atom. The topological polar surface area (TPSA) is 103 Å². The lowest BCUT2D eigenvalue weighted by molar-refractivity contribution is 0.0606. The van der Waals surface area contributed by atoms with Crippen molar-refractivity contribution in [2.75, 3.05) is 25.6 Å². The van der Waals surface area contributed by atoms with E-state index >= 15 is 0 Å². The van der Waals surface area contributed by atoms with E-state index < -0.39 is 30.1 Å². The molecular formula is C16H29N2O7PS. The van der Waals surface area contributed by atoms with Gasteiger partial charge in [0.2, 0.25) is 0 Å². The Balaban J connectivity index is 2.47. The third-order valence-corrected chi connectivity index (χ3v) is 7.27. The molecule has 27 heavy (non-hydrogen) atoms. The first-order valence-electron chi connectivity index (χ1n) is 9.31. The molecule has 1 N–H and O–H groups in total. The number of hydrazine groups is 1. The van der Waals surface area contributed by atoms with E-state index in [9.17, 15) is 13.6 Å². The second-order valence-electron chi connectivity index (χ2n) is 5.93. The number of fused-ring (bicyclic) bond motifs is 1. The maximum Gasteiger partial charge on any atom is 0.529 e. The van der Waals surface area contributed by atoms with Gasteiger partial charge in [0.15, 0.2) is 5.37 Å². The van der Waals surface area contributed by atoms with E-state index in [1.165, 1.54) is 5.01 Å². The number of phosphoric ester groups is 1. The molecule has 0 radical (unpaired) electrons. The van der Waals surface area contributed by atoms with E-state index in [4.69, 9.17) is 18.3 Å². The van der Waals surface area contributed by atoms with Crippen LogP contribution in [0.1, 0.15) is 47.0 Å². The zero-order valence-electron chi connectivity index (χ0n) is 16.3. The molecule has 2 aliphatic rings. The van der Waals surface area contributed by atoms with Gasteiger partial charge in [0.05, 0.1) is 36.7 Å². The summed E-state index contributed by atoms with van der Waals surface area (Å²) >= 11 is 0. The highest BCUT2D eigenvalue weighted by atomic mass is 32.2. The molecule has 2 unspecified atom stereocenters. The summed E-state index contributed by atoms with van der Waals surface area (Å²) < 4.78 is 47.2. The van der Waals surface area contributed by atoms with Gasteiger partial charge in [-0.05, 0) is 45.6 Å². The Hall–Kier alpha value is -0.930. The van der Waals surface area contributed by atoms with Crippen LogP contribution in [0.3, 0.4) is 0 Å². The number of hydrogen-bond acceptors (Lipinski definition) is 8. The molecule has 0 saturated heterocycles. The van der Waals surface area contributed by atoms with Crippen LogP contribution in [0.15, 0.2) is 11.3 Å². The second kappa shape index (κ2) is 10.0. The predicted molar refractivity (Wildman–Crippen MR) is 101 cm³/mol. The van der Waals surface area contributed by atoms with E-state index in [1.807, 2.05) is 0 Å². The normalized spacial score (nSPS) is 23.9. The smallest absolute Gasteiger partial charge is 0.449 e. The third-order valence-electron chi connectivity index (χ3n) is 4.21. The first-order chi connectivity index (χ1) is 12.9. The van der Waals surface area contributed by atoms with Crippen LogP contribution in [0, 0.1) is 0 Å². The monoisotopic (exact) mass is 424 g/mol. The number of ether oxygens (including phenoxy) is 1. The lowest BCUT2D eigenvalue weighted by Crippen LogP contribution is -2.59. The second-order valence-corrected chi connectivity index (χ2v) is 9.31. The molecule has 1 aliphatic heterocycles. The lowest BCUT2D eigenvalue weighted by Gasteiger charge is -2.39. The number of hydrogen-bond donors (Lipinski definition) is 1. The van der Waals surface area contributed by atoms with Crippen LogP contribution in [-0.4, -0.2) is 52.3 Å². The molecular weight excluding hydrogens is 395 g/mol. The van der Waals surface area contributed by atoms with Crippen LogP contribution in [0.25, 0.3) is 0 Å². The molecule has 1 aliphatic carbocycles. The lowest BCUT2D eigenvalue weighted by atomic mass is 10.1.